The van der Waals surface area contributed by atoms with Crippen molar-refractivity contribution in [3.05, 3.63) is 29.8 Å². The number of hydrogen-bond donors (Lipinski definition) is 3. The van der Waals surface area contributed by atoms with Crippen molar-refractivity contribution < 1.29 is 14.6 Å². The third-order valence-corrected chi connectivity index (χ3v) is 5.91. The fourth-order valence-electron chi connectivity index (χ4n) is 4.31. The number of para-hydroxylation sites is 1. The van der Waals surface area contributed by atoms with Crippen molar-refractivity contribution in [3.8, 4) is 5.75 Å². The Kier molecular flexibility index (Phi) is 4.12. The highest BCUT2D eigenvalue weighted by Gasteiger charge is 2.45. The van der Waals surface area contributed by atoms with Gasteiger partial charge in [0.05, 0.1) is 12.1 Å². The van der Waals surface area contributed by atoms with Gasteiger partial charge in [-0.05, 0) is 38.2 Å². The van der Waals surface area contributed by atoms with Crippen molar-refractivity contribution >= 4 is 6.03 Å². The Morgan fingerprint density at radius 1 is 1.25 bits per heavy atom. The van der Waals surface area contributed by atoms with Crippen LogP contribution < -0.4 is 15.4 Å². The molecule has 2 amide bonds. The third kappa shape index (κ3) is 2.97. The van der Waals surface area contributed by atoms with Gasteiger partial charge in [0.2, 0.25) is 0 Å². The summed E-state index contributed by atoms with van der Waals surface area (Å²) in [6.07, 6.45) is 6.78. The first-order chi connectivity index (χ1) is 11.7. The van der Waals surface area contributed by atoms with E-state index in [0.29, 0.717) is 6.54 Å². The first kappa shape index (κ1) is 15.8. The van der Waals surface area contributed by atoms with Crippen LogP contribution in [-0.4, -0.2) is 29.4 Å². The van der Waals surface area contributed by atoms with Crippen LogP contribution in [0.15, 0.2) is 24.3 Å². The summed E-state index contributed by atoms with van der Waals surface area (Å²) >= 11 is 0. The van der Waals surface area contributed by atoms with Crippen molar-refractivity contribution in [3.63, 3.8) is 0 Å². The molecule has 1 aliphatic heterocycles. The maximum atomic E-state index is 12.4. The summed E-state index contributed by atoms with van der Waals surface area (Å²) in [4.78, 5) is 12.4. The highest BCUT2D eigenvalue weighted by molar-refractivity contribution is 5.74. The van der Waals surface area contributed by atoms with E-state index >= 15 is 0 Å². The van der Waals surface area contributed by atoms with Crippen LogP contribution in [0.4, 0.5) is 4.79 Å². The molecule has 0 aromatic heterocycles. The summed E-state index contributed by atoms with van der Waals surface area (Å²) in [7, 11) is 0. The molecule has 4 rings (SSSR count). The Morgan fingerprint density at radius 2 is 2.08 bits per heavy atom. The minimum absolute atomic E-state index is 0.0104. The van der Waals surface area contributed by atoms with Gasteiger partial charge in [-0.25, -0.2) is 4.79 Å². The van der Waals surface area contributed by atoms with E-state index in [0.717, 1.165) is 49.8 Å². The van der Waals surface area contributed by atoms with E-state index in [1.54, 1.807) is 0 Å². The molecule has 0 bridgehead atoms. The molecule has 2 aliphatic carbocycles. The summed E-state index contributed by atoms with van der Waals surface area (Å²) in [5, 5.41) is 15.9. The average Bonchev–Trinajstić information content (AvgIpc) is 2.96. The van der Waals surface area contributed by atoms with Crippen molar-refractivity contribution in [2.24, 2.45) is 5.92 Å². The topological polar surface area (TPSA) is 70.6 Å². The summed E-state index contributed by atoms with van der Waals surface area (Å²) in [5.74, 6) is 1.09. The van der Waals surface area contributed by atoms with Gasteiger partial charge < -0.3 is 20.5 Å². The van der Waals surface area contributed by atoms with Gasteiger partial charge in [-0.2, -0.15) is 0 Å². The van der Waals surface area contributed by atoms with Crippen LogP contribution in [0.2, 0.25) is 0 Å². The molecule has 1 heterocycles. The second kappa shape index (κ2) is 6.28. The van der Waals surface area contributed by atoms with E-state index in [1.165, 1.54) is 6.42 Å². The molecule has 3 aliphatic rings. The van der Waals surface area contributed by atoms with Crippen LogP contribution in [0.3, 0.4) is 0 Å². The monoisotopic (exact) mass is 330 g/mol. The summed E-state index contributed by atoms with van der Waals surface area (Å²) < 4.78 is 6.22. The van der Waals surface area contributed by atoms with Gasteiger partial charge in [-0.3, -0.25) is 0 Å². The van der Waals surface area contributed by atoms with Gasteiger partial charge in [0, 0.05) is 24.4 Å². The number of rotatable bonds is 3. The Morgan fingerprint density at radius 3 is 2.79 bits per heavy atom. The molecule has 5 heteroatoms. The number of carbonyl (C=O) groups excluding carboxylic acids is 1. The van der Waals surface area contributed by atoms with Crippen molar-refractivity contribution in [1.29, 1.82) is 0 Å². The second-order valence-corrected chi connectivity index (χ2v) is 7.55. The molecule has 130 valence electrons. The predicted molar refractivity (Wildman–Crippen MR) is 90.9 cm³/mol. The zero-order valence-corrected chi connectivity index (χ0v) is 14.0. The lowest BCUT2D eigenvalue weighted by atomic mass is 9.73. The molecule has 3 atom stereocenters. The molecular weight excluding hydrogens is 304 g/mol. The SMILES string of the molecule is O=C(NC[C@@H]1CCC[C@H]1O)N[C@@H]1CC2(CCC2)Oc2ccccc21. The lowest BCUT2D eigenvalue weighted by Crippen LogP contribution is -2.51. The van der Waals surface area contributed by atoms with Gasteiger partial charge in [0.15, 0.2) is 0 Å². The van der Waals surface area contributed by atoms with E-state index < -0.39 is 0 Å². The van der Waals surface area contributed by atoms with Gasteiger partial charge in [-0.1, -0.05) is 24.6 Å². The van der Waals surface area contributed by atoms with E-state index in [4.69, 9.17) is 4.74 Å². The summed E-state index contributed by atoms with van der Waals surface area (Å²) in [6.45, 7) is 0.545. The summed E-state index contributed by atoms with van der Waals surface area (Å²) in [6, 6.07) is 7.84. The lowest BCUT2D eigenvalue weighted by Gasteiger charge is -2.48. The number of ether oxygens (including phenoxy) is 1. The minimum Gasteiger partial charge on any atom is -0.487 e. The van der Waals surface area contributed by atoms with Gasteiger partial charge >= 0.3 is 6.03 Å². The lowest BCUT2D eigenvalue weighted by molar-refractivity contribution is -0.0355. The highest BCUT2D eigenvalue weighted by Crippen LogP contribution is 2.48. The van der Waals surface area contributed by atoms with E-state index in [2.05, 4.69) is 10.6 Å². The van der Waals surface area contributed by atoms with Gasteiger partial charge in [0.25, 0.3) is 0 Å². The Balaban J connectivity index is 1.40. The van der Waals surface area contributed by atoms with Gasteiger partial charge in [0.1, 0.15) is 11.4 Å². The van der Waals surface area contributed by atoms with Crippen LogP contribution in [0.25, 0.3) is 0 Å². The number of aliphatic hydroxyl groups is 1. The molecule has 0 radical (unpaired) electrons. The van der Waals surface area contributed by atoms with Crippen molar-refractivity contribution in [2.45, 2.75) is 62.7 Å². The Hall–Kier alpha value is -1.75. The smallest absolute Gasteiger partial charge is 0.315 e. The van der Waals surface area contributed by atoms with E-state index in [1.807, 2.05) is 24.3 Å². The van der Waals surface area contributed by atoms with Crippen LogP contribution in [0, 0.1) is 5.92 Å². The minimum atomic E-state index is -0.271. The molecular formula is C19H26N2O3. The predicted octanol–water partition coefficient (Wildman–Crippen LogP) is 2.89. The molecule has 1 aromatic rings. The Labute approximate surface area is 142 Å². The van der Waals surface area contributed by atoms with Crippen LogP contribution in [0.5, 0.6) is 5.75 Å². The second-order valence-electron chi connectivity index (χ2n) is 7.55. The molecule has 1 aromatic carbocycles. The molecule has 24 heavy (non-hydrogen) atoms. The zero-order valence-electron chi connectivity index (χ0n) is 14.0. The number of hydrogen-bond acceptors (Lipinski definition) is 3. The van der Waals surface area contributed by atoms with Gasteiger partial charge in [-0.15, -0.1) is 0 Å². The number of nitrogens with one attached hydrogen (secondary N) is 2. The first-order valence-electron chi connectivity index (χ1n) is 9.16. The molecule has 2 saturated carbocycles. The number of aliphatic hydroxyl groups excluding tert-OH is 1. The molecule has 5 nitrogen and oxygen atoms in total. The highest BCUT2D eigenvalue weighted by atomic mass is 16.5. The largest absolute Gasteiger partial charge is 0.487 e. The standard InChI is InChI=1S/C19H26N2O3/c22-16-7-3-5-13(16)12-20-18(23)21-15-11-19(9-4-10-19)24-17-8-2-1-6-14(15)17/h1-2,6,8,13,15-16,22H,3-5,7,9-12H2,(H2,20,21,23)/t13-,15+,16+/m0/s1. The summed E-state index contributed by atoms with van der Waals surface area (Å²) in [5.41, 5.74) is 0.972. The number of amides is 2. The number of fused-ring (bicyclic) bond motifs is 1. The van der Waals surface area contributed by atoms with Crippen molar-refractivity contribution in [1.82, 2.24) is 10.6 Å². The number of benzene rings is 1. The van der Waals surface area contributed by atoms with Crippen LogP contribution in [-0.2, 0) is 0 Å². The van der Waals surface area contributed by atoms with E-state index in [-0.39, 0.29) is 29.7 Å². The quantitative estimate of drug-likeness (QED) is 0.798. The number of carbonyl (C=O) groups is 1. The molecule has 0 saturated heterocycles. The zero-order chi connectivity index (χ0) is 16.6. The third-order valence-electron chi connectivity index (χ3n) is 5.91. The van der Waals surface area contributed by atoms with Crippen molar-refractivity contribution in [2.75, 3.05) is 6.54 Å². The van der Waals surface area contributed by atoms with Crippen LogP contribution in [0.1, 0.15) is 56.6 Å². The molecule has 3 N–H and O–H groups in total. The maximum Gasteiger partial charge on any atom is 0.315 e. The first-order valence-corrected chi connectivity index (χ1v) is 9.16. The molecule has 1 spiro atoms. The van der Waals surface area contributed by atoms with E-state index in [9.17, 15) is 9.90 Å². The fraction of sp³-hybridized carbons (Fsp3) is 0.632. The molecule has 2 fully saturated rings. The molecule has 0 unspecified atom stereocenters. The average molecular weight is 330 g/mol. The fourth-order valence-corrected chi connectivity index (χ4v) is 4.31. The Bertz CT molecular complexity index is 614. The van der Waals surface area contributed by atoms with Crippen LogP contribution >= 0.6 is 0 Å². The normalized spacial score (nSPS) is 30.1. The number of urea groups is 1. The maximum absolute atomic E-state index is 12.4.